The first-order valence-electron chi connectivity index (χ1n) is 23.3. The van der Waals surface area contributed by atoms with Crippen molar-refractivity contribution in [2.24, 2.45) is 0 Å². The first kappa shape index (κ1) is 49.8. The summed E-state index contributed by atoms with van der Waals surface area (Å²) in [5.74, 6) is 1.09. The molecule has 0 bridgehead atoms. The molecule has 1 N–H and O–H groups in total. The van der Waals surface area contributed by atoms with Gasteiger partial charge in [-0.25, -0.2) is 0 Å². The van der Waals surface area contributed by atoms with Gasteiger partial charge in [-0.2, -0.15) is 8.42 Å². The van der Waals surface area contributed by atoms with Crippen LogP contribution in [-0.4, -0.2) is 52.3 Å². The van der Waals surface area contributed by atoms with Gasteiger partial charge >= 0.3 is 10.1 Å². The van der Waals surface area contributed by atoms with Crippen molar-refractivity contribution in [1.29, 1.82) is 0 Å². The van der Waals surface area contributed by atoms with Crippen molar-refractivity contribution in [3.05, 3.63) is 145 Å². The quantitative estimate of drug-likeness (QED) is 0.0283. The van der Waals surface area contributed by atoms with Crippen LogP contribution in [0.5, 0.6) is 17.2 Å². The van der Waals surface area contributed by atoms with Crippen molar-refractivity contribution in [2.75, 3.05) is 33.0 Å². The van der Waals surface area contributed by atoms with Crippen LogP contribution in [0.4, 0.5) is 0 Å². The van der Waals surface area contributed by atoms with E-state index in [0.717, 1.165) is 74.0 Å². The number of hydrogen-bond donors (Lipinski definition) is 1. The second-order valence-electron chi connectivity index (χ2n) is 16.4. The molecule has 1 fully saturated rings. The highest BCUT2D eigenvalue weighted by Crippen LogP contribution is 2.41. The van der Waals surface area contributed by atoms with E-state index in [4.69, 9.17) is 27.9 Å². The molecule has 6 rings (SSSR count). The second kappa shape index (κ2) is 25.9. The first-order chi connectivity index (χ1) is 31.7. The summed E-state index contributed by atoms with van der Waals surface area (Å²) < 4.78 is 64.2. The standard InChI is InChI=1S/C54H66O9S2/c1-4-7-9-17-32-54(61-37-38-62-54)33-18-10-11-19-35-58-41-42-24-30-50(60-34-6-3)49(39-42)53(55)48-23-16-15-22-47(48)43-25-31-51(64-46-28-26-44(27-29-46)59-36-8-5-2)52(40-43)65(56,57)63-45-20-13-12-14-21-45/h6,12-16,20-31,39-40,53,55H,3-5,7-11,17-19,32-38,41H2,1-2H3. The normalized spacial score (nSPS) is 14.0. The van der Waals surface area contributed by atoms with Crippen LogP contribution in [0, 0.1) is 0 Å². The summed E-state index contributed by atoms with van der Waals surface area (Å²) in [5, 5.41) is 12.2. The molecule has 0 aliphatic carbocycles. The number of aliphatic hydroxyl groups is 1. The molecule has 0 aromatic heterocycles. The molecule has 1 atom stereocenters. The monoisotopic (exact) mass is 922 g/mol. The molecule has 65 heavy (non-hydrogen) atoms. The predicted octanol–water partition coefficient (Wildman–Crippen LogP) is 13.3. The topological polar surface area (TPSA) is 110 Å². The van der Waals surface area contributed by atoms with Gasteiger partial charge in [0.15, 0.2) is 5.79 Å². The maximum Gasteiger partial charge on any atom is 0.340 e. The summed E-state index contributed by atoms with van der Waals surface area (Å²) >= 11 is 1.32. The van der Waals surface area contributed by atoms with Crippen LogP contribution in [0.1, 0.15) is 114 Å². The van der Waals surface area contributed by atoms with E-state index in [0.29, 0.717) is 65.9 Å². The average molecular weight is 923 g/mol. The number of unbranched alkanes of at least 4 members (excludes halogenated alkanes) is 7. The van der Waals surface area contributed by atoms with Crippen LogP contribution >= 0.6 is 11.8 Å². The smallest absolute Gasteiger partial charge is 0.340 e. The SMILES string of the molecule is C=CCOc1ccc(COCCCCCCC2(CCCCCC)OCCO2)cc1C(O)c1ccccc1-c1ccc(Sc2ccc(OCCCC)cc2)c(S(=O)(=O)Oc2ccccc2)c1. The lowest BCUT2D eigenvalue weighted by molar-refractivity contribution is -0.168. The van der Waals surface area contributed by atoms with Gasteiger partial charge in [0.25, 0.3) is 0 Å². The number of rotatable bonds is 29. The molecule has 1 heterocycles. The van der Waals surface area contributed by atoms with Crippen molar-refractivity contribution in [3.63, 3.8) is 0 Å². The lowest BCUT2D eigenvalue weighted by atomic mass is 9.91. The lowest BCUT2D eigenvalue weighted by Crippen LogP contribution is -2.30. The van der Waals surface area contributed by atoms with E-state index in [9.17, 15) is 13.5 Å². The largest absolute Gasteiger partial charge is 0.494 e. The molecule has 0 amide bonds. The first-order valence-corrected chi connectivity index (χ1v) is 25.5. The Balaban J connectivity index is 1.17. The summed E-state index contributed by atoms with van der Waals surface area (Å²) in [6.45, 7) is 11.4. The Morgan fingerprint density at radius 1 is 0.723 bits per heavy atom. The van der Waals surface area contributed by atoms with Gasteiger partial charge in [0, 0.05) is 34.8 Å². The highest BCUT2D eigenvalue weighted by Gasteiger charge is 2.35. The van der Waals surface area contributed by atoms with E-state index in [1.807, 2.05) is 72.8 Å². The Labute approximate surface area is 391 Å². The average Bonchev–Trinajstić information content (AvgIpc) is 3.80. The van der Waals surface area contributed by atoms with Crippen LogP contribution in [-0.2, 0) is 30.9 Å². The van der Waals surface area contributed by atoms with E-state index in [2.05, 4.69) is 20.4 Å². The van der Waals surface area contributed by atoms with Crippen LogP contribution < -0.4 is 13.7 Å². The Hall–Kier alpha value is -4.62. The molecule has 348 valence electrons. The molecular weight excluding hydrogens is 857 g/mol. The number of aliphatic hydroxyl groups excluding tert-OH is 1. The van der Waals surface area contributed by atoms with Gasteiger partial charge in [-0.3, -0.25) is 0 Å². The molecule has 9 nitrogen and oxygen atoms in total. The zero-order chi connectivity index (χ0) is 45.7. The van der Waals surface area contributed by atoms with Gasteiger partial charge in [-0.1, -0.05) is 131 Å². The van der Waals surface area contributed by atoms with Crippen LogP contribution in [0.2, 0.25) is 0 Å². The summed E-state index contributed by atoms with van der Waals surface area (Å²) in [6.07, 6.45) is 13.5. The fraction of sp³-hybridized carbons (Fsp3) is 0.407. The van der Waals surface area contributed by atoms with Gasteiger partial charge in [0.05, 0.1) is 26.4 Å². The molecule has 0 radical (unpaired) electrons. The van der Waals surface area contributed by atoms with Crippen molar-refractivity contribution in [1.82, 2.24) is 0 Å². The predicted molar refractivity (Wildman–Crippen MR) is 259 cm³/mol. The number of ether oxygens (including phenoxy) is 5. The van der Waals surface area contributed by atoms with Gasteiger partial charge < -0.3 is 33.0 Å². The third kappa shape index (κ3) is 14.9. The molecule has 1 unspecified atom stereocenters. The van der Waals surface area contributed by atoms with E-state index in [1.54, 1.807) is 48.5 Å². The Morgan fingerprint density at radius 3 is 2.17 bits per heavy atom. The molecule has 1 aliphatic heterocycles. The lowest BCUT2D eigenvalue weighted by Gasteiger charge is -2.27. The van der Waals surface area contributed by atoms with Gasteiger partial charge in [0.1, 0.15) is 34.9 Å². The van der Waals surface area contributed by atoms with Crippen molar-refractivity contribution in [2.45, 2.75) is 124 Å². The fourth-order valence-corrected chi connectivity index (χ4v) is 10.2. The number of para-hydroxylation sites is 1. The number of benzene rings is 5. The molecule has 1 aliphatic rings. The molecule has 5 aromatic carbocycles. The minimum absolute atomic E-state index is 0.00383. The van der Waals surface area contributed by atoms with Gasteiger partial charge in [-0.15, -0.1) is 0 Å². The van der Waals surface area contributed by atoms with Crippen molar-refractivity contribution in [3.8, 4) is 28.4 Å². The second-order valence-corrected chi connectivity index (χ2v) is 19.0. The third-order valence-electron chi connectivity index (χ3n) is 11.4. The van der Waals surface area contributed by atoms with Crippen molar-refractivity contribution >= 4 is 21.9 Å². The van der Waals surface area contributed by atoms with E-state index in [1.165, 1.54) is 31.0 Å². The van der Waals surface area contributed by atoms with Crippen LogP contribution in [0.3, 0.4) is 0 Å². The minimum atomic E-state index is -4.32. The zero-order valence-electron chi connectivity index (χ0n) is 38.1. The van der Waals surface area contributed by atoms with Crippen LogP contribution in [0.15, 0.2) is 143 Å². The molecule has 1 saturated heterocycles. The molecule has 11 heteroatoms. The summed E-state index contributed by atoms with van der Waals surface area (Å²) in [6, 6.07) is 34.6. The molecule has 0 saturated carbocycles. The Bertz CT molecular complexity index is 2310. The summed E-state index contributed by atoms with van der Waals surface area (Å²) in [4.78, 5) is 1.33. The maximum atomic E-state index is 14.2. The highest BCUT2D eigenvalue weighted by molar-refractivity contribution is 8.00. The summed E-state index contributed by atoms with van der Waals surface area (Å²) in [7, 11) is -4.32. The molecule has 0 spiro atoms. The van der Waals surface area contributed by atoms with Crippen LogP contribution in [0.25, 0.3) is 11.1 Å². The van der Waals surface area contributed by atoms with E-state index < -0.39 is 22.0 Å². The van der Waals surface area contributed by atoms with Crippen molar-refractivity contribution < 1.29 is 41.4 Å². The third-order valence-corrected chi connectivity index (χ3v) is 13.9. The Morgan fingerprint density at radius 2 is 1.43 bits per heavy atom. The minimum Gasteiger partial charge on any atom is -0.494 e. The Kier molecular flexibility index (Phi) is 19.9. The summed E-state index contributed by atoms with van der Waals surface area (Å²) in [5.41, 5.74) is 3.30. The van der Waals surface area contributed by atoms with E-state index in [-0.39, 0.29) is 17.3 Å². The zero-order valence-corrected chi connectivity index (χ0v) is 39.7. The maximum absolute atomic E-state index is 14.2. The van der Waals surface area contributed by atoms with Gasteiger partial charge in [0.2, 0.25) is 0 Å². The van der Waals surface area contributed by atoms with E-state index >= 15 is 0 Å². The molecular formula is C54H66O9S2. The highest BCUT2D eigenvalue weighted by atomic mass is 32.2. The van der Waals surface area contributed by atoms with Gasteiger partial charge in [-0.05, 0) is 109 Å². The fourth-order valence-electron chi connectivity index (χ4n) is 7.89. The molecule has 5 aromatic rings. The number of hydrogen-bond acceptors (Lipinski definition) is 10.